The number of hydrogen-bond acceptors (Lipinski definition) is 6. The first-order valence-electron chi connectivity index (χ1n) is 14.4. The number of alkyl carbamates (subject to hydrolysis) is 1. The summed E-state index contributed by atoms with van der Waals surface area (Å²) in [6.45, 7) is 9.08. The van der Waals surface area contributed by atoms with Gasteiger partial charge in [0, 0.05) is 36.0 Å². The molecule has 5 rings (SSSR count). The van der Waals surface area contributed by atoms with Crippen LogP contribution in [0.3, 0.4) is 0 Å². The average Bonchev–Trinajstić information content (AvgIpc) is 3.51. The van der Waals surface area contributed by atoms with Crippen molar-refractivity contribution >= 4 is 38.5 Å². The molecule has 3 heterocycles. The van der Waals surface area contributed by atoms with E-state index in [9.17, 15) is 18.4 Å². The molecule has 1 aliphatic heterocycles. The summed E-state index contributed by atoms with van der Waals surface area (Å²) in [4.78, 5) is 32.6. The Labute approximate surface area is 248 Å². The highest BCUT2D eigenvalue weighted by atomic mass is 32.1. The zero-order valence-corrected chi connectivity index (χ0v) is 25.0. The summed E-state index contributed by atoms with van der Waals surface area (Å²) < 4.78 is 35.9. The first kappa shape index (κ1) is 29.9. The number of benzene rings is 2. The molecule has 8 nitrogen and oxygen atoms in total. The van der Waals surface area contributed by atoms with Gasteiger partial charge >= 0.3 is 6.09 Å². The Morgan fingerprint density at radius 2 is 1.86 bits per heavy atom. The Morgan fingerprint density at radius 3 is 2.60 bits per heavy atom. The van der Waals surface area contributed by atoms with Crippen molar-refractivity contribution in [1.82, 2.24) is 24.9 Å². The molecular formula is C31H37F2N5O3S. The Kier molecular flexibility index (Phi) is 9.08. The SMILES string of the molecule is CC(C)(C)OC(=O)NCc1ccc(-c2cn3c(n2)sc2cc(C(=O)NCCCN4CCCCC4)ccc23)cc1C(F)F. The molecule has 0 unspecified atom stereocenters. The van der Waals surface area contributed by atoms with Gasteiger partial charge in [0.15, 0.2) is 4.96 Å². The summed E-state index contributed by atoms with van der Waals surface area (Å²) in [6.07, 6.45) is 3.19. The van der Waals surface area contributed by atoms with Gasteiger partial charge in [0.25, 0.3) is 12.3 Å². The molecule has 0 spiro atoms. The van der Waals surface area contributed by atoms with E-state index < -0.39 is 18.1 Å². The number of carbonyl (C=O) groups is 2. The van der Waals surface area contributed by atoms with Crippen LogP contribution in [0.2, 0.25) is 0 Å². The molecule has 2 aromatic carbocycles. The fourth-order valence-electron chi connectivity index (χ4n) is 5.17. The predicted octanol–water partition coefficient (Wildman–Crippen LogP) is 6.78. The lowest BCUT2D eigenvalue weighted by Gasteiger charge is -2.26. The van der Waals surface area contributed by atoms with Gasteiger partial charge in [-0.2, -0.15) is 0 Å². The summed E-state index contributed by atoms with van der Waals surface area (Å²) in [7, 11) is 0. The summed E-state index contributed by atoms with van der Waals surface area (Å²) >= 11 is 1.44. The number of halogens is 2. The number of nitrogens with zero attached hydrogens (tertiary/aromatic N) is 3. The third-order valence-corrected chi connectivity index (χ3v) is 8.26. The Balaban J connectivity index is 1.26. The van der Waals surface area contributed by atoms with Gasteiger partial charge in [-0.1, -0.05) is 29.9 Å². The highest BCUT2D eigenvalue weighted by Gasteiger charge is 2.20. The van der Waals surface area contributed by atoms with Gasteiger partial charge in [-0.05, 0) is 89.5 Å². The van der Waals surface area contributed by atoms with Crippen molar-refractivity contribution < 1.29 is 23.1 Å². The lowest BCUT2D eigenvalue weighted by Crippen LogP contribution is -2.33. The van der Waals surface area contributed by atoms with Gasteiger partial charge in [0.05, 0.1) is 15.9 Å². The lowest BCUT2D eigenvalue weighted by atomic mass is 10.0. The number of alkyl halides is 2. The fourth-order valence-corrected chi connectivity index (χ4v) is 6.22. The molecule has 1 aliphatic rings. The minimum Gasteiger partial charge on any atom is -0.444 e. The predicted molar refractivity (Wildman–Crippen MR) is 161 cm³/mol. The second-order valence-electron chi connectivity index (χ2n) is 11.6. The normalized spacial score (nSPS) is 14.5. The van der Waals surface area contributed by atoms with Gasteiger partial charge in [-0.25, -0.2) is 18.6 Å². The van der Waals surface area contributed by atoms with Crippen LogP contribution in [0, 0.1) is 0 Å². The smallest absolute Gasteiger partial charge is 0.407 e. The minimum absolute atomic E-state index is 0.0772. The molecule has 2 amide bonds. The first-order chi connectivity index (χ1) is 20.1. The molecule has 42 heavy (non-hydrogen) atoms. The molecule has 1 fully saturated rings. The third kappa shape index (κ3) is 7.25. The fraction of sp³-hybridized carbons (Fsp3) is 0.452. The first-order valence-corrected chi connectivity index (χ1v) is 15.2. The van der Waals surface area contributed by atoms with Crippen molar-refractivity contribution in [3.05, 3.63) is 59.3 Å². The van der Waals surface area contributed by atoms with Crippen molar-refractivity contribution in [2.24, 2.45) is 0 Å². The average molecular weight is 598 g/mol. The van der Waals surface area contributed by atoms with Crippen molar-refractivity contribution in [2.45, 2.75) is 65.0 Å². The number of nitrogens with one attached hydrogen (secondary N) is 2. The maximum atomic E-state index is 14.0. The van der Waals surface area contributed by atoms with Crippen molar-refractivity contribution in [1.29, 1.82) is 0 Å². The Hall–Kier alpha value is -3.57. The van der Waals surface area contributed by atoms with Crippen LogP contribution in [-0.4, -0.2) is 58.1 Å². The molecule has 0 saturated carbocycles. The summed E-state index contributed by atoms with van der Waals surface area (Å²) in [5, 5.41) is 5.58. The highest BCUT2D eigenvalue weighted by Crippen LogP contribution is 2.33. The maximum Gasteiger partial charge on any atom is 0.407 e. The zero-order chi connectivity index (χ0) is 29.9. The molecular weight excluding hydrogens is 560 g/mol. The molecule has 1 saturated heterocycles. The number of likely N-dealkylation sites (tertiary alicyclic amines) is 1. The number of piperidine rings is 1. The molecule has 0 bridgehead atoms. The second kappa shape index (κ2) is 12.7. The number of rotatable bonds is 9. The Morgan fingerprint density at radius 1 is 1.07 bits per heavy atom. The number of fused-ring (bicyclic) bond motifs is 3. The van der Waals surface area contributed by atoms with E-state index in [0.717, 1.165) is 36.3 Å². The number of aromatic nitrogens is 2. The van der Waals surface area contributed by atoms with Crippen LogP contribution < -0.4 is 10.6 Å². The molecule has 2 N–H and O–H groups in total. The van der Waals surface area contributed by atoms with E-state index in [1.807, 2.05) is 22.7 Å². The van der Waals surface area contributed by atoms with Crippen LogP contribution in [0.1, 0.15) is 74.4 Å². The molecule has 0 aliphatic carbocycles. The molecule has 0 radical (unpaired) electrons. The topological polar surface area (TPSA) is 88.0 Å². The van der Waals surface area contributed by atoms with Gasteiger partial charge in [-0.3, -0.25) is 9.20 Å². The van der Waals surface area contributed by atoms with Crippen LogP contribution in [0.5, 0.6) is 0 Å². The van der Waals surface area contributed by atoms with Gasteiger partial charge in [-0.15, -0.1) is 0 Å². The molecule has 11 heteroatoms. The molecule has 0 atom stereocenters. The summed E-state index contributed by atoms with van der Waals surface area (Å²) in [5.74, 6) is -0.0944. The minimum atomic E-state index is -2.72. The van der Waals surface area contributed by atoms with E-state index in [1.54, 1.807) is 39.0 Å². The summed E-state index contributed by atoms with van der Waals surface area (Å²) in [5.41, 5.74) is 2.06. The van der Waals surface area contributed by atoms with E-state index >= 15 is 0 Å². The number of thiazole rings is 1. The van der Waals surface area contributed by atoms with Crippen molar-refractivity contribution in [3.8, 4) is 11.3 Å². The van der Waals surface area contributed by atoms with Crippen LogP contribution in [0.25, 0.3) is 26.4 Å². The number of amides is 2. The van der Waals surface area contributed by atoms with E-state index in [-0.39, 0.29) is 18.0 Å². The van der Waals surface area contributed by atoms with Crippen LogP contribution in [0.15, 0.2) is 42.6 Å². The lowest BCUT2D eigenvalue weighted by molar-refractivity contribution is 0.0522. The second-order valence-corrected chi connectivity index (χ2v) is 12.7. The van der Waals surface area contributed by atoms with Gasteiger partial charge in [0.1, 0.15) is 5.60 Å². The molecule has 4 aromatic rings. The number of imidazole rings is 1. The van der Waals surface area contributed by atoms with E-state index in [0.29, 0.717) is 33.9 Å². The van der Waals surface area contributed by atoms with Crippen molar-refractivity contribution in [2.75, 3.05) is 26.2 Å². The van der Waals surface area contributed by atoms with E-state index in [1.165, 1.54) is 36.7 Å². The largest absolute Gasteiger partial charge is 0.444 e. The van der Waals surface area contributed by atoms with Crippen molar-refractivity contribution in [3.63, 3.8) is 0 Å². The standard InChI is InChI=1S/C31H37F2N5O3S/c1-31(2,3)41-30(40)35-18-22-9-8-20(16-23(22)27(32)33)24-19-38-25-11-10-21(17-26(25)42-29(38)36-24)28(39)34-12-7-15-37-13-5-4-6-14-37/h8-11,16-17,19,27H,4-7,12-15,18H2,1-3H3,(H,34,39)(H,35,40). The Bertz CT molecular complexity index is 1570. The van der Waals surface area contributed by atoms with E-state index in [2.05, 4.69) is 20.5 Å². The van der Waals surface area contributed by atoms with Crippen LogP contribution in [0.4, 0.5) is 13.6 Å². The molecule has 224 valence electrons. The number of carbonyl (C=O) groups excluding carboxylic acids is 2. The monoisotopic (exact) mass is 597 g/mol. The highest BCUT2D eigenvalue weighted by molar-refractivity contribution is 7.23. The van der Waals surface area contributed by atoms with Crippen LogP contribution in [-0.2, 0) is 11.3 Å². The number of ether oxygens (including phenoxy) is 1. The zero-order valence-electron chi connectivity index (χ0n) is 24.2. The summed E-state index contributed by atoms with van der Waals surface area (Å²) in [6, 6.07) is 10.3. The maximum absolute atomic E-state index is 14.0. The van der Waals surface area contributed by atoms with Gasteiger partial charge < -0.3 is 20.3 Å². The quantitative estimate of drug-likeness (QED) is 0.208. The van der Waals surface area contributed by atoms with Gasteiger partial charge in [0.2, 0.25) is 0 Å². The van der Waals surface area contributed by atoms with E-state index in [4.69, 9.17) is 4.74 Å². The third-order valence-electron chi connectivity index (χ3n) is 7.24. The van der Waals surface area contributed by atoms with Crippen LogP contribution >= 0.6 is 11.3 Å². The molecule has 2 aromatic heterocycles. The number of hydrogen-bond donors (Lipinski definition) is 2.